The van der Waals surface area contributed by atoms with Crippen molar-refractivity contribution < 1.29 is 0 Å². The summed E-state index contributed by atoms with van der Waals surface area (Å²) in [5.41, 5.74) is 6.88. The molecule has 0 atom stereocenters. The Bertz CT molecular complexity index is 631. The third kappa shape index (κ3) is 1.44. The van der Waals surface area contributed by atoms with Gasteiger partial charge in [-0.05, 0) is 11.4 Å². The maximum atomic E-state index is 5.89. The summed E-state index contributed by atoms with van der Waals surface area (Å²) in [6.07, 6.45) is 0. The summed E-state index contributed by atoms with van der Waals surface area (Å²) in [5, 5.41) is 2.91. The van der Waals surface area contributed by atoms with Gasteiger partial charge in [0.15, 0.2) is 5.82 Å². The number of thiophene rings is 1. The van der Waals surface area contributed by atoms with Crippen LogP contribution >= 0.6 is 11.3 Å². The Morgan fingerprint density at radius 1 is 1.00 bits per heavy atom. The average molecular weight is 227 g/mol. The predicted molar refractivity (Wildman–Crippen MR) is 67.3 cm³/mol. The standard InChI is InChI=1S/C12H9N3S/c13-10-9-6-7-16-12(9)15-11(14-10)8-4-2-1-3-5-8/h1-7H,(H2,13,14,15). The van der Waals surface area contributed by atoms with Crippen LogP contribution in [0.25, 0.3) is 21.6 Å². The molecule has 0 saturated heterocycles. The lowest BCUT2D eigenvalue weighted by Gasteiger charge is -2.01. The highest BCUT2D eigenvalue weighted by molar-refractivity contribution is 7.16. The predicted octanol–water partition coefficient (Wildman–Crippen LogP) is 2.94. The Balaban J connectivity index is 2.25. The van der Waals surface area contributed by atoms with E-state index in [4.69, 9.17) is 5.73 Å². The summed E-state index contributed by atoms with van der Waals surface area (Å²) in [6, 6.07) is 11.8. The van der Waals surface area contributed by atoms with E-state index < -0.39 is 0 Å². The van der Waals surface area contributed by atoms with Gasteiger partial charge >= 0.3 is 0 Å². The van der Waals surface area contributed by atoms with E-state index in [2.05, 4.69) is 9.97 Å². The van der Waals surface area contributed by atoms with E-state index in [0.717, 1.165) is 15.8 Å². The van der Waals surface area contributed by atoms with Gasteiger partial charge in [-0.25, -0.2) is 9.97 Å². The molecular formula is C12H9N3S. The molecule has 3 nitrogen and oxygen atoms in total. The Hall–Kier alpha value is -1.94. The summed E-state index contributed by atoms with van der Waals surface area (Å²) in [7, 11) is 0. The number of nitrogen functional groups attached to an aromatic ring is 1. The van der Waals surface area contributed by atoms with E-state index in [0.29, 0.717) is 11.6 Å². The van der Waals surface area contributed by atoms with Crippen LogP contribution in [0.15, 0.2) is 41.8 Å². The quantitative estimate of drug-likeness (QED) is 0.695. The van der Waals surface area contributed by atoms with E-state index in [1.807, 2.05) is 41.8 Å². The zero-order valence-electron chi connectivity index (χ0n) is 8.42. The molecule has 2 N–H and O–H groups in total. The molecule has 0 fully saturated rings. The lowest BCUT2D eigenvalue weighted by Crippen LogP contribution is -1.95. The second-order valence-corrected chi connectivity index (χ2v) is 4.33. The second kappa shape index (κ2) is 3.57. The molecule has 2 heterocycles. The normalized spacial score (nSPS) is 10.8. The van der Waals surface area contributed by atoms with Gasteiger partial charge in [0.05, 0.1) is 5.39 Å². The average Bonchev–Trinajstić information content (AvgIpc) is 2.79. The zero-order chi connectivity index (χ0) is 11.0. The number of anilines is 1. The van der Waals surface area contributed by atoms with Crippen molar-refractivity contribution in [3.8, 4) is 11.4 Å². The van der Waals surface area contributed by atoms with Crippen LogP contribution in [0.3, 0.4) is 0 Å². The highest BCUT2D eigenvalue weighted by Gasteiger charge is 2.07. The minimum Gasteiger partial charge on any atom is -0.383 e. The fourth-order valence-electron chi connectivity index (χ4n) is 1.59. The minimum atomic E-state index is 0.546. The smallest absolute Gasteiger partial charge is 0.163 e. The molecule has 0 amide bonds. The van der Waals surface area contributed by atoms with Crippen molar-refractivity contribution in [1.82, 2.24) is 9.97 Å². The molecule has 0 aliphatic heterocycles. The molecule has 0 spiro atoms. The first kappa shape index (κ1) is 9.30. The first-order valence-corrected chi connectivity index (χ1v) is 5.79. The van der Waals surface area contributed by atoms with Gasteiger partial charge in [0.2, 0.25) is 0 Å². The van der Waals surface area contributed by atoms with Crippen molar-refractivity contribution in [3.05, 3.63) is 41.8 Å². The lowest BCUT2D eigenvalue weighted by atomic mass is 10.2. The van der Waals surface area contributed by atoms with E-state index in [-0.39, 0.29) is 0 Å². The van der Waals surface area contributed by atoms with Crippen molar-refractivity contribution >= 4 is 27.4 Å². The van der Waals surface area contributed by atoms with E-state index >= 15 is 0 Å². The molecule has 3 aromatic rings. The molecule has 2 aromatic heterocycles. The molecule has 0 aliphatic rings. The van der Waals surface area contributed by atoms with Gasteiger partial charge in [0.1, 0.15) is 10.6 Å². The number of rotatable bonds is 1. The Morgan fingerprint density at radius 2 is 1.81 bits per heavy atom. The van der Waals surface area contributed by atoms with Gasteiger partial charge in [-0.2, -0.15) is 0 Å². The molecule has 0 aliphatic carbocycles. The van der Waals surface area contributed by atoms with E-state index in [9.17, 15) is 0 Å². The summed E-state index contributed by atoms with van der Waals surface area (Å²) in [5.74, 6) is 1.23. The molecular weight excluding hydrogens is 218 g/mol. The van der Waals surface area contributed by atoms with Crippen LogP contribution in [-0.4, -0.2) is 9.97 Å². The molecule has 0 saturated carbocycles. The number of hydrogen-bond acceptors (Lipinski definition) is 4. The first-order chi connectivity index (χ1) is 7.84. The number of nitrogens with two attached hydrogens (primary N) is 1. The van der Waals surface area contributed by atoms with Gasteiger partial charge in [0.25, 0.3) is 0 Å². The third-order valence-corrected chi connectivity index (χ3v) is 3.19. The highest BCUT2D eigenvalue weighted by atomic mass is 32.1. The van der Waals surface area contributed by atoms with Crippen LogP contribution in [0, 0.1) is 0 Å². The van der Waals surface area contributed by atoms with Crippen molar-refractivity contribution in [1.29, 1.82) is 0 Å². The zero-order valence-corrected chi connectivity index (χ0v) is 9.24. The summed E-state index contributed by atoms with van der Waals surface area (Å²) >= 11 is 1.58. The van der Waals surface area contributed by atoms with Crippen LogP contribution < -0.4 is 5.73 Å². The number of aromatic nitrogens is 2. The highest BCUT2D eigenvalue weighted by Crippen LogP contribution is 2.26. The van der Waals surface area contributed by atoms with Crippen molar-refractivity contribution in [2.45, 2.75) is 0 Å². The van der Waals surface area contributed by atoms with Gasteiger partial charge in [-0.1, -0.05) is 30.3 Å². The maximum absolute atomic E-state index is 5.89. The molecule has 1 aromatic carbocycles. The first-order valence-electron chi connectivity index (χ1n) is 4.91. The lowest BCUT2D eigenvalue weighted by molar-refractivity contribution is 1.25. The molecule has 0 radical (unpaired) electrons. The fourth-order valence-corrected chi connectivity index (χ4v) is 2.37. The monoisotopic (exact) mass is 227 g/mol. The van der Waals surface area contributed by atoms with Crippen molar-refractivity contribution in [2.24, 2.45) is 0 Å². The van der Waals surface area contributed by atoms with Crippen molar-refractivity contribution in [2.75, 3.05) is 5.73 Å². The van der Waals surface area contributed by atoms with Crippen LogP contribution in [0.2, 0.25) is 0 Å². The summed E-state index contributed by atoms with van der Waals surface area (Å²) < 4.78 is 0. The molecule has 0 unspecified atom stereocenters. The SMILES string of the molecule is Nc1nc(-c2ccccc2)nc2sccc12. The Morgan fingerprint density at radius 3 is 2.62 bits per heavy atom. The van der Waals surface area contributed by atoms with Gasteiger partial charge in [-0.15, -0.1) is 11.3 Å². The topological polar surface area (TPSA) is 51.8 Å². The Kier molecular flexibility index (Phi) is 2.08. The fraction of sp³-hybridized carbons (Fsp3) is 0. The Labute approximate surface area is 96.6 Å². The van der Waals surface area contributed by atoms with Gasteiger partial charge in [-0.3, -0.25) is 0 Å². The van der Waals surface area contributed by atoms with E-state index in [1.54, 1.807) is 11.3 Å². The number of benzene rings is 1. The number of hydrogen-bond donors (Lipinski definition) is 1. The summed E-state index contributed by atoms with van der Waals surface area (Å²) in [4.78, 5) is 9.75. The molecule has 16 heavy (non-hydrogen) atoms. The largest absolute Gasteiger partial charge is 0.383 e. The van der Waals surface area contributed by atoms with Crippen LogP contribution in [-0.2, 0) is 0 Å². The van der Waals surface area contributed by atoms with Crippen LogP contribution in [0.4, 0.5) is 5.82 Å². The van der Waals surface area contributed by atoms with Crippen LogP contribution in [0.1, 0.15) is 0 Å². The third-order valence-electron chi connectivity index (χ3n) is 2.39. The molecule has 3 rings (SSSR count). The minimum absolute atomic E-state index is 0.546. The number of nitrogens with zero attached hydrogens (tertiary/aromatic N) is 2. The van der Waals surface area contributed by atoms with Crippen molar-refractivity contribution in [3.63, 3.8) is 0 Å². The van der Waals surface area contributed by atoms with E-state index in [1.165, 1.54) is 0 Å². The maximum Gasteiger partial charge on any atom is 0.163 e. The summed E-state index contributed by atoms with van der Waals surface area (Å²) in [6.45, 7) is 0. The molecule has 78 valence electrons. The second-order valence-electron chi connectivity index (χ2n) is 3.44. The van der Waals surface area contributed by atoms with Crippen LogP contribution in [0.5, 0.6) is 0 Å². The number of fused-ring (bicyclic) bond motifs is 1. The van der Waals surface area contributed by atoms with Gasteiger partial charge < -0.3 is 5.73 Å². The molecule has 4 heteroatoms. The molecule has 0 bridgehead atoms. The van der Waals surface area contributed by atoms with Gasteiger partial charge in [0, 0.05) is 5.56 Å².